The number of nitrogens with two attached hydrogens (primary N) is 1. The number of nitrogens with zero attached hydrogens (tertiary/aromatic N) is 1. The van der Waals surface area contributed by atoms with E-state index in [0.717, 1.165) is 24.0 Å². The van der Waals surface area contributed by atoms with E-state index in [2.05, 4.69) is 24.5 Å². The van der Waals surface area contributed by atoms with Gasteiger partial charge in [-0.25, -0.2) is 0 Å². The Balaban J connectivity index is 1.78. The number of rotatable bonds is 7. The SMILES string of the molecule is CCC(C)(CCN)NCc1cccc2c1C(=O)N(C1CCC(=O)NC1=O)C2. The zero-order valence-corrected chi connectivity index (χ0v) is 16.0. The third kappa shape index (κ3) is 3.89. The fourth-order valence-electron chi connectivity index (χ4n) is 3.85. The zero-order valence-electron chi connectivity index (χ0n) is 16.0. The quantitative estimate of drug-likeness (QED) is 0.621. The lowest BCUT2D eigenvalue weighted by atomic mass is 9.93. The summed E-state index contributed by atoms with van der Waals surface area (Å²) in [7, 11) is 0. The third-order valence-electron chi connectivity index (χ3n) is 5.82. The van der Waals surface area contributed by atoms with Crippen molar-refractivity contribution in [2.75, 3.05) is 6.54 Å². The Morgan fingerprint density at radius 3 is 2.78 bits per heavy atom. The number of fused-ring (bicyclic) bond motifs is 1. The lowest BCUT2D eigenvalue weighted by Gasteiger charge is -2.30. The molecule has 1 aromatic carbocycles. The number of carbonyl (C=O) groups is 3. The van der Waals surface area contributed by atoms with Gasteiger partial charge in [0.1, 0.15) is 6.04 Å². The number of hydrogen-bond donors (Lipinski definition) is 3. The molecule has 2 atom stereocenters. The number of nitrogens with one attached hydrogen (secondary N) is 2. The van der Waals surface area contributed by atoms with Crippen LogP contribution in [0.15, 0.2) is 18.2 Å². The lowest BCUT2D eigenvalue weighted by molar-refractivity contribution is -0.136. The molecule has 0 bridgehead atoms. The first-order chi connectivity index (χ1) is 12.9. The molecule has 7 nitrogen and oxygen atoms in total. The van der Waals surface area contributed by atoms with Gasteiger partial charge in [0.2, 0.25) is 11.8 Å². The predicted octanol–water partition coefficient (Wildman–Crippen LogP) is 1.05. The second-order valence-corrected chi connectivity index (χ2v) is 7.66. The highest BCUT2D eigenvalue weighted by molar-refractivity contribution is 6.05. The zero-order chi connectivity index (χ0) is 19.6. The number of carbonyl (C=O) groups excluding carboxylic acids is 3. The van der Waals surface area contributed by atoms with Crippen molar-refractivity contribution < 1.29 is 14.4 Å². The lowest BCUT2D eigenvalue weighted by Crippen LogP contribution is -2.52. The van der Waals surface area contributed by atoms with Crippen molar-refractivity contribution in [2.45, 2.75) is 64.2 Å². The van der Waals surface area contributed by atoms with Gasteiger partial charge in [0.15, 0.2) is 0 Å². The van der Waals surface area contributed by atoms with Crippen molar-refractivity contribution in [1.82, 2.24) is 15.5 Å². The molecule has 3 amide bonds. The van der Waals surface area contributed by atoms with Gasteiger partial charge in [0, 0.05) is 30.6 Å². The Labute approximate surface area is 159 Å². The van der Waals surface area contributed by atoms with E-state index in [-0.39, 0.29) is 29.7 Å². The van der Waals surface area contributed by atoms with E-state index in [1.54, 1.807) is 4.90 Å². The van der Waals surface area contributed by atoms with Crippen LogP contribution in [0.3, 0.4) is 0 Å². The normalized spacial score (nSPS) is 21.8. The minimum absolute atomic E-state index is 0.0809. The van der Waals surface area contributed by atoms with Gasteiger partial charge in [-0.2, -0.15) is 0 Å². The van der Waals surface area contributed by atoms with Gasteiger partial charge in [-0.15, -0.1) is 0 Å². The van der Waals surface area contributed by atoms with Crippen LogP contribution in [-0.4, -0.2) is 40.7 Å². The van der Waals surface area contributed by atoms with Crippen molar-refractivity contribution in [3.63, 3.8) is 0 Å². The van der Waals surface area contributed by atoms with Gasteiger partial charge < -0.3 is 16.0 Å². The number of piperidine rings is 1. The maximum Gasteiger partial charge on any atom is 0.255 e. The molecule has 2 unspecified atom stereocenters. The Hall–Kier alpha value is -2.25. The molecule has 1 aromatic rings. The van der Waals surface area contributed by atoms with E-state index in [1.807, 2.05) is 18.2 Å². The first kappa shape index (κ1) is 19.5. The largest absolute Gasteiger partial charge is 0.330 e. The van der Waals surface area contributed by atoms with Crippen LogP contribution in [0.5, 0.6) is 0 Å². The van der Waals surface area contributed by atoms with Crippen molar-refractivity contribution in [1.29, 1.82) is 0 Å². The second-order valence-electron chi connectivity index (χ2n) is 7.66. The summed E-state index contributed by atoms with van der Waals surface area (Å²) in [5.74, 6) is -0.786. The molecule has 2 heterocycles. The van der Waals surface area contributed by atoms with Crippen molar-refractivity contribution >= 4 is 17.7 Å². The van der Waals surface area contributed by atoms with E-state index in [4.69, 9.17) is 5.73 Å². The fourth-order valence-corrected chi connectivity index (χ4v) is 3.85. The van der Waals surface area contributed by atoms with Gasteiger partial charge in [0.05, 0.1) is 0 Å². The van der Waals surface area contributed by atoms with Crippen LogP contribution in [0.25, 0.3) is 0 Å². The molecule has 0 spiro atoms. The molecular formula is C20H28N4O3. The molecule has 2 aliphatic rings. The Bertz CT molecular complexity index is 764. The number of hydrogen-bond acceptors (Lipinski definition) is 5. The van der Waals surface area contributed by atoms with Crippen molar-refractivity contribution in [3.8, 4) is 0 Å². The molecule has 1 fully saturated rings. The van der Waals surface area contributed by atoms with Gasteiger partial charge in [-0.1, -0.05) is 25.1 Å². The van der Waals surface area contributed by atoms with E-state index in [0.29, 0.717) is 31.6 Å². The minimum Gasteiger partial charge on any atom is -0.330 e. The summed E-state index contributed by atoms with van der Waals surface area (Å²) in [4.78, 5) is 38.3. The van der Waals surface area contributed by atoms with Gasteiger partial charge in [-0.05, 0) is 43.9 Å². The summed E-state index contributed by atoms with van der Waals surface area (Å²) >= 11 is 0. The molecule has 3 rings (SSSR count). The Morgan fingerprint density at radius 1 is 1.33 bits per heavy atom. The molecule has 0 aromatic heterocycles. The maximum atomic E-state index is 13.1. The molecular weight excluding hydrogens is 344 g/mol. The van der Waals surface area contributed by atoms with E-state index in [1.165, 1.54) is 0 Å². The van der Waals surface area contributed by atoms with Crippen LogP contribution in [-0.2, 0) is 22.7 Å². The third-order valence-corrected chi connectivity index (χ3v) is 5.82. The van der Waals surface area contributed by atoms with E-state index >= 15 is 0 Å². The molecule has 2 aliphatic heterocycles. The molecule has 1 saturated heterocycles. The Kier molecular flexibility index (Phi) is 5.62. The molecule has 0 aliphatic carbocycles. The fraction of sp³-hybridized carbons (Fsp3) is 0.550. The first-order valence-corrected chi connectivity index (χ1v) is 9.59. The maximum absolute atomic E-state index is 13.1. The van der Waals surface area contributed by atoms with Crippen LogP contribution < -0.4 is 16.4 Å². The summed E-state index contributed by atoms with van der Waals surface area (Å²) in [6, 6.07) is 5.25. The molecule has 7 heteroatoms. The summed E-state index contributed by atoms with van der Waals surface area (Å²) in [5.41, 5.74) is 8.20. The van der Waals surface area contributed by atoms with Crippen LogP contribution in [0.4, 0.5) is 0 Å². The summed E-state index contributed by atoms with van der Waals surface area (Å²) in [5, 5.41) is 5.89. The summed E-state index contributed by atoms with van der Waals surface area (Å²) < 4.78 is 0. The molecule has 0 radical (unpaired) electrons. The van der Waals surface area contributed by atoms with Gasteiger partial charge in [-0.3, -0.25) is 19.7 Å². The second kappa shape index (κ2) is 7.78. The highest BCUT2D eigenvalue weighted by Gasteiger charge is 2.40. The average molecular weight is 372 g/mol. The highest BCUT2D eigenvalue weighted by atomic mass is 16.2. The van der Waals surface area contributed by atoms with Crippen LogP contribution >= 0.6 is 0 Å². The smallest absolute Gasteiger partial charge is 0.255 e. The van der Waals surface area contributed by atoms with Crippen LogP contribution in [0, 0.1) is 0 Å². The standard InChI is InChI=1S/C20H28N4O3/c1-3-20(2,9-10-21)22-11-13-5-4-6-14-12-24(19(27)17(13)14)15-7-8-16(25)23-18(15)26/h4-6,15,22H,3,7-12,21H2,1-2H3,(H,23,25,26). The van der Waals surface area contributed by atoms with E-state index < -0.39 is 6.04 Å². The molecule has 0 saturated carbocycles. The van der Waals surface area contributed by atoms with Gasteiger partial charge in [0.25, 0.3) is 5.91 Å². The molecule has 27 heavy (non-hydrogen) atoms. The Morgan fingerprint density at radius 2 is 2.11 bits per heavy atom. The first-order valence-electron chi connectivity index (χ1n) is 9.59. The topological polar surface area (TPSA) is 105 Å². The van der Waals surface area contributed by atoms with E-state index in [9.17, 15) is 14.4 Å². The van der Waals surface area contributed by atoms with Crippen LogP contribution in [0.2, 0.25) is 0 Å². The number of benzene rings is 1. The van der Waals surface area contributed by atoms with Gasteiger partial charge >= 0.3 is 0 Å². The predicted molar refractivity (Wildman–Crippen MR) is 102 cm³/mol. The monoisotopic (exact) mass is 372 g/mol. The van der Waals surface area contributed by atoms with Crippen molar-refractivity contribution in [2.24, 2.45) is 5.73 Å². The number of amides is 3. The minimum atomic E-state index is -0.582. The highest BCUT2D eigenvalue weighted by Crippen LogP contribution is 2.30. The number of imide groups is 1. The molecule has 4 N–H and O–H groups in total. The summed E-state index contributed by atoms with van der Waals surface area (Å²) in [6.07, 6.45) is 2.44. The average Bonchev–Trinajstić information content (AvgIpc) is 2.97. The summed E-state index contributed by atoms with van der Waals surface area (Å²) in [6.45, 7) is 5.84. The molecule has 146 valence electrons. The van der Waals surface area contributed by atoms with Crippen molar-refractivity contribution in [3.05, 3.63) is 34.9 Å². The van der Waals surface area contributed by atoms with Crippen LogP contribution in [0.1, 0.15) is 61.0 Å².